The molecule has 120 heavy (non-hydrogen) atoms. The molecule has 12 rings (SSSR count). The molecule has 672 valence electrons. The van der Waals surface area contributed by atoms with E-state index in [1.807, 2.05) is 0 Å². The van der Waals surface area contributed by atoms with Crippen LogP contribution < -0.4 is 60.8 Å². The number of carbonyl (C=O) groups excluding carboxylic acids is 4. The van der Waals surface area contributed by atoms with E-state index in [-0.39, 0.29) is 95.1 Å². The second kappa shape index (κ2) is 43.9. The Morgan fingerprint density at radius 2 is 0.625 bits per heavy atom. The second-order valence-electron chi connectivity index (χ2n) is 29.4. The Bertz CT molecular complexity index is 7120. The molecule has 8 heterocycles. The molecule has 0 bridgehead atoms. The van der Waals surface area contributed by atoms with Gasteiger partial charge in [0.05, 0.1) is 86.9 Å². The molecule has 4 aromatic rings. The standard InChI is InChI=1S/4C24H38N2O4/c4*1-14(2)9-17-13-26-8-7-16-10-21(28-5)22(29-6)11-18(16)19(26)12-20(17)30-24(27)23(25)15(3)4/h4*10-11,14-15,17,19-20,23H,7-9,12-13,25H2,1-6H3/t4*17?,19?,20?,23-/m0000/s1/i2*3D3,4D3,5D3,10D,11D,12D2,13D2,15D,17D,20D,23D;3D3,4D3,10D,11D,12D2,13D2,15D,17D,20D,23D;3D3,4D3,10D,11D,12D2,13D2,15D,17D,19D,23D. The predicted octanol–water partition coefficient (Wildman–Crippen LogP) is 14.3. The van der Waals surface area contributed by atoms with E-state index < -0.39 is 409 Å². The zero-order valence-corrected chi connectivity index (χ0v) is 68.7. The fourth-order valence-corrected chi connectivity index (χ4v) is 13.2. The Morgan fingerprint density at radius 1 is 0.375 bits per heavy atom. The minimum atomic E-state index is -4.14. The average Bonchev–Trinajstić information content (AvgIpc) is 0.675. The van der Waals surface area contributed by atoms with E-state index in [0.717, 1.165) is 43.1 Å². The Morgan fingerprint density at radius 3 is 0.908 bits per heavy atom. The number of hydrogen-bond acceptors (Lipinski definition) is 24. The third-order valence-electron chi connectivity index (χ3n) is 18.8. The summed E-state index contributed by atoms with van der Waals surface area (Å²) in [5, 5.41) is 0. The lowest BCUT2D eigenvalue weighted by molar-refractivity contribution is -0.161. The van der Waals surface area contributed by atoms with Crippen LogP contribution in [0.1, 0.15) is 326 Å². The van der Waals surface area contributed by atoms with Gasteiger partial charge in [-0.05, 0) is 191 Å². The summed E-state index contributed by atoms with van der Waals surface area (Å²) in [6.45, 7) is -33.8. The molecule has 0 aromatic heterocycles. The van der Waals surface area contributed by atoms with Crippen molar-refractivity contribution < 1.29 is 172 Å². The summed E-state index contributed by atoms with van der Waals surface area (Å²) in [5.41, 5.74) is 20.3. The second-order valence-corrected chi connectivity index (χ2v) is 29.4. The molecule has 0 saturated carbocycles. The summed E-state index contributed by atoms with van der Waals surface area (Å²) in [7, 11) is 0.433. The molecule has 4 saturated heterocycles. The molecule has 4 aromatic carbocycles. The molecular weight excluding hydrogens is 1520 g/mol. The summed E-state index contributed by atoms with van der Waals surface area (Å²) in [6, 6.07) is -30.5. The molecule has 12 unspecified atom stereocenters. The number of rotatable bonds is 28. The number of esters is 4. The van der Waals surface area contributed by atoms with Gasteiger partial charge in [0.15, 0.2) is 46.0 Å². The molecule has 0 amide bonds. The number of benzene rings is 4. The summed E-state index contributed by atoms with van der Waals surface area (Å²) >= 11 is 0. The molecule has 16 atom stereocenters. The number of piperidine rings is 4. The molecule has 0 spiro atoms. The molecule has 24 heteroatoms. The maximum Gasteiger partial charge on any atom is 0.323 e. The van der Waals surface area contributed by atoms with Crippen LogP contribution in [0.3, 0.4) is 0 Å². The van der Waals surface area contributed by atoms with E-state index in [9.17, 15) is 46.6 Å². The van der Waals surface area contributed by atoms with Crippen molar-refractivity contribution in [3.05, 3.63) is 92.8 Å². The van der Waals surface area contributed by atoms with Gasteiger partial charge in [0, 0.05) is 191 Å². The normalized spacial score (nSPS) is 44.1. The topological polar surface area (TPSA) is 296 Å². The lowest BCUT2D eigenvalue weighted by Crippen LogP contribution is -2.51. The fourth-order valence-electron chi connectivity index (χ4n) is 13.2. The van der Waals surface area contributed by atoms with Gasteiger partial charge in [-0.15, -0.1) is 0 Å². The molecule has 8 aliphatic heterocycles. The Kier molecular flexibility index (Phi) is 14.2. The van der Waals surface area contributed by atoms with E-state index in [1.54, 1.807) is 13.8 Å². The lowest BCUT2D eigenvalue weighted by atomic mass is 9.79. The largest absolute Gasteiger partial charge is 0.493 e. The molecule has 8 aliphatic rings. The van der Waals surface area contributed by atoms with E-state index in [4.69, 9.17) is 148 Å². The molecular formula is C96H152N8O16. The van der Waals surface area contributed by atoms with Crippen LogP contribution in [0.2, 0.25) is 0 Å². The van der Waals surface area contributed by atoms with E-state index in [0.29, 0.717) is 4.90 Å². The minimum Gasteiger partial charge on any atom is -0.493 e. The fraction of sp³-hybridized carbons (Fsp3) is 0.708. The van der Waals surface area contributed by atoms with Crippen molar-refractivity contribution in [3.63, 3.8) is 0 Å². The predicted molar refractivity (Wildman–Crippen MR) is 471 cm³/mol. The molecule has 0 radical (unpaired) electrons. The van der Waals surface area contributed by atoms with Crippen LogP contribution in [0.5, 0.6) is 46.0 Å². The number of methoxy groups -OCH3 is 8. The van der Waals surface area contributed by atoms with Crippen molar-refractivity contribution in [3.8, 4) is 46.0 Å². The highest BCUT2D eigenvalue weighted by Crippen LogP contribution is 2.50. The number of carbonyl (C=O) groups is 4. The highest BCUT2D eigenvalue weighted by molar-refractivity contribution is 5.77. The molecule has 8 N–H and O–H groups in total. The molecule has 0 aliphatic carbocycles. The highest BCUT2D eigenvalue weighted by atomic mass is 16.6. The van der Waals surface area contributed by atoms with Crippen molar-refractivity contribution >= 4 is 23.9 Å². The van der Waals surface area contributed by atoms with Crippen LogP contribution in [0.15, 0.2) is 48.3 Å². The van der Waals surface area contributed by atoms with Crippen molar-refractivity contribution in [1.82, 2.24) is 19.6 Å². The van der Waals surface area contributed by atoms with Crippen molar-refractivity contribution in [2.45, 2.75) is 260 Å². The maximum absolute atomic E-state index is 13.7. The van der Waals surface area contributed by atoms with Gasteiger partial charge in [0.1, 0.15) is 48.4 Å². The summed E-state index contributed by atoms with van der Waals surface area (Å²) in [4.78, 5) is 58.0. The first-order chi connectivity index (χ1) is 84.3. The monoisotopic (exact) mass is 1740 g/mol. The van der Waals surface area contributed by atoms with Crippen LogP contribution >= 0.6 is 0 Å². The first kappa shape index (κ1) is 38.8. The Labute approximate surface area is 817 Å². The van der Waals surface area contributed by atoms with Gasteiger partial charge in [-0.1, -0.05) is 110 Å². The van der Waals surface area contributed by atoms with E-state index >= 15 is 0 Å². The number of nitrogens with zero attached hydrogens (tertiary/aromatic N) is 4. The van der Waals surface area contributed by atoms with Crippen LogP contribution in [-0.2, 0) is 63.8 Å². The van der Waals surface area contributed by atoms with Gasteiger partial charge in [-0.25, -0.2) is 0 Å². The summed E-state index contributed by atoms with van der Waals surface area (Å²) < 4.78 is 652. The minimum absolute atomic E-state index is 0.0298. The van der Waals surface area contributed by atoms with Gasteiger partial charge in [0.25, 0.3) is 0 Å². The van der Waals surface area contributed by atoms with Crippen LogP contribution in [0.4, 0.5) is 0 Å². The number of ether oxygens (including phenoxy) is 12. The highest BCUT2D eigenvalue weighted by Gasteiger charge is 2.47. The number of hydrogen-bond donors (Lipinski definition) is 4. The SMILES string of the molecule is [2H]c1c2c(c([2H])c(OC)c1OC([2H])([2H])[2H])C1N(CC2)C([2H])([2H])C([2H])(CC(C)C)C([2H])(OC(=O)[C@@]([2H])(N)C([2H])(C([2H])([2H])[2H])C([2H])([2H])[2H])C1([2H])[2H].[2H]c1c2c(c([2H])c(OC)c1OC([2H])([2H])[2H])C1N(CC2)C([2H])([2H])C([2H])(CC(C)C)C([2H])(OC(=O)[C@@]([2H])(N)C([2H])(C([2H])([2H])[2H])C([2H])([2H])[2H])C1([2H])[2H].[2H]c1c2c(c([2H])c(OC)c1OC)C1([2H])N(CC2)C([2H])([2H])C([2H])(CC(C)C)C(OC(=O)[C@@]([2H])(N)C([2H])(C([2H])([2H])[2H])C([2H])([2H])[2H])C1([2H])[2H].[2H]c1c2c(c([2H])c(OC)c1OC)C1N(CC2)C([2H])([2H])C([2H])(CC(C)C)C([2H])(OC(=O)[C@@]([2H])(N)C([2H])(C([2H])([2H])[2H])C([2H])([2H])[2H])C1([2H])[2H]. The first-order valence-electron chi connectivity index (χ1n) is 72.7. The Balaban J connectivity index is 0.000000275. The van der Waals surface area contributed by atoms with Crippen LogP contribution in [-0.4, -0.2) is 201 Å². The van der Waals surface area contributed by atoms with Gasteiger partial charge >= 0.3 is 23.9 Å². The van der Waals surface area contributed by atoms with Crippen LogP contribution in [0, 0.1) is 70.8 Å². The Hall–Kier alpha value is -7.16. The number of fused-ring (bicyclic) bond motifs is 12. The zero-order chi connectivity index (χ0) is 149. The van der Waals surface area contributed by atoms with Crippen LogP contribution in [0.25, 0.3) is 0 Å². The van der Waals surface area contributed by atoms with Crippen molar-refractivity contribution in [2.75, 3.05) is 109 Å². The van der Waals surface area contributed by atoms with Gasteiger partial charge < -0.3 is 79.8 Å². The van der Waals surface area contributed by atoms with Gasteiger partial charge in [0.2, 0.25) is 0 Å². The smallest absolute Gasteiger partial charge is 0.323 e. The van der Waals surface area contributed by atoms with Crippen molar-refractivity contribution in [2.24, 2.45) is 93.8 Å². The maximum atomic E-state index is 13.7. The summed E-state index contributed by atoms with van der Waals surface area (Å²) in [5.74, 6) is -44.6. The molecule has 24 nitrogen and oxygen atoms in total. The van der Waals surface area contributed by atoms with E-state index in [1.165, 1.54) is 55.8 Å². The third-order valence-corrected chi connectivity index (χ3v) is 18.8. The van der Waals surface area contributed by atoms with Gasteiger partial charge in [-0.2, -0.15) is 0 Å². The molecule has 4 fully saturated rings. The van der Waals surface area contributed by atoms with E-state index in [2.05, 4.69) is 0 Å². The average molecular weight is 1740 g/mol. The third kappa shape index (κ3) is 23.8. The van der Waals surface area contributed by atoms with Gasteiger partial charge in [-0.3, -0.25) is 38.8 Å². The number of nitrogens with two attached hydrogens (primary N) is 4. The summed E-state index contributed by atoms with van der Waals surface area (Å²) in [6.07, 6.45) is -31.6. The lowest BCUT2D eigenvalue weighted by Gasteiger charge is -2.47. The first-order valence-corrected chi connectivity index (χ1v) is 37.7. The zero-order valence-electron chi connectivity index (χ0n) is 139. The van der Waals surface area contributed by atoms with Crippen molar-refractivity contribution in [1.29, 1.82) is 0 Å². The quantitative estimate of drug-likeness (QED) is 0.0303.